The van der Waals surface area contributed by atoms with Crippen LogP contribution in [-0.4, -0.2) is 16.0 Å². The molecule has 5 nitrogen and oxygen atoms in total. The van der Waals surface area contributed by atoms with Crippen molar-refractivity contribution in [2.45, 2.75) is 6.54 Å². The second-order valence-corrected chi connectivity index (χ2v) is 5.54. The number of hydrogen-bond donors (Lipinski definition) is 1. The summed E-state index contributed by atoms with van der Waals surface area (Å²) in [5.74, 6) is 0.814. The average Bonchev–Trinajstić information content (AvgIpc) is 3.14. The number of nitrogens with zero attached hydrogens (tertiary/aromatic N) is 2. The van der Waals surface area contributed by atoms with Crippen molar-refractivity contribution in [2.75, 3.05) is 0 Å². The minimum Gasteiger partial charge on any atom is -0.342 e. The van der Waals surface area contributed by atoms with E-state index in [0.717, 1.165) is 4.88 Å². The molecule has 0 fully saturated rings. The van der Waals surface area contributed by atoms with E-state index in [2.05, 4.69) is 15.5 Å². The van der Waals surface area contributed by atoms with Gasteiger partial charge in [-0.3, -0.25) is 4.79 Å². The van der Waals surface area contributed by atoms with Crippen LogP contribution in [0.2, 0.25) is 0 Å². The van der Waals surface area contributed by atoms with Gasteiger partial charge in [0.05, 0.1) is 16.3 Å². The number of hydrogen-bond acceptors (Lipinski definition) is 6. The monoisotopic (exact) mass is 291 g/mol. The Labute approximate surface area is 116 Å². The molecule has 0 bridgehead atoms. The predicted molar refractivity (Wildman–Crippen MR) is 73.1 cm³/mol. The molecule has 0 radical (unpaired) electrons. The molecule has 0 unspecified atom stereocenters. The second kappa shape index (κ2) is 5.33. The SMILES string of the molecule is O=C(NCc1nc(-c2cccs2)no1)c1cccs1. The lowest BCUT2D eigenvalue weighted by Gasteiger charge is -1.98. The fourth-order valence-electron chi connectivity index (χ4n) is 1.48. The Balaban J connectivity index is 1.63. The standard InChI is InChI=1S/C12H9N3O2S2/c16-12(9-4-2-6-19-9)13-7-10-14-11(15-17-10)8-3-1-5-18-8/h1-6H,7H2,(H,13,16). The van der Waals surface area contributed by atoms with Gasteiger partial charge in [-0.15, -0.1) is 22.7 Å². The van der Waals surface area contributed by atoms with Crippen molar-refractivity contribution < 1.29 is 9.32 Å². The molecule has 0 aliphatic heterocycles. The summed E-state index contributed by atoms with van der Waals surface area (Å²) in [7, 11) is 0. The number of carbonyl (C=O) groups is 1. The smallest absolute Gasteiger partial charge is 0.261 e. The third-order valence-electron chi connectivity index (χ3n) is 2.35. The maximum Gasteiger partial charge on any atom is 0.261 e. The fourth-order valence-corrected chi connectivity index (χ4v) is 2.77. The summed E-state index contributed by atoms with van der Waals surface area (Å²) in [4.78, 5) is 17.6. The number of aromatic nitrogens is 2. The van der Waals surface area contributed by atoms with Crippen LogP contribution >= 0.6 is 22.7 Å². The first-order chi connectivity index (χ1) is 9.33. The normalized spacial score (nSPS) is 10.5. The summed E-state index contributed by atoms with van der Waals surface area (Å²) in [6.07, 6.45) is 0. The van der Waals surface area contributed by atoms with Crippen molar-refractivity contribution in [2.24, 2.45) is 0 Å². The van der Waals surface area contributed by atoms with Crippen molar-refractivity contribution in [3.05, 3.63) is 45.8 Å². The molecule has 0 saturated carbocycles. The van der Waals surface area contributed by atoms with E-state index < -0.39 is 0 Å². The van der Waals surface area contributed by atoms with E-state index in [-0.39, 0.29) is 12.5 Å². The van der Waals surface area contributed by atoms with Gasteiger partial charge in [0.25, 0.3) is 5.91 Å². The van der Waals surface area contributed by atoms with Crippen LogP contribution in [0.15, 0.2) is 39.5 Å². The van der Waals surface area contributed by atoms with Gasteiger partial charge in [0.15, 0.2) is 0 Å². The van der Waals surface area contributed by atoms with E-state index in [4.69, 9.17) is 4.52 Å². The van der Waals surface area contributed by atoms with Gasteiger partial charge in [-0.1, -0.05) is 17.3 Å². The molecular weight excluding hydrogens is 282 g/mol. The van der Waals surface area contributed by atoms with Gasteiger partial charge in [-0.2, -0.15) is 4.98 Å². The highest BCUT2D eigenvalue weighted by Gasteiger charge is 2.11. The average molecular weight is 291 g/mol. The number of thiophene rings is 2. The zero-order chi connectivity index (χ0) is 13.1. The van der Waals surface area contributed by atoms with Gasteiger partial charge in [0, 0.05) is 0 Å². The zero-order valence-electron chi connectivity index (χ0n) is 9.70. The highest BCUT2D eigenvalue weighted by Crippen LogP contribution is 2.21. The molecule has 0 aliphatic carbocycles. The number of nitrogens with one attached hydrogen (secondary N) is 1. The van der Waals surface area contributed by atoms with Gasteiger partial charge in [-0.05, 0) is 22.9 Å². The van der Waals surface area contributed by atoms with Crippen LogP contribution in [0.25, 0.3) is 10.7 Å². The van der Waals surface area contributed by atoms with Crippen LogP contribution in [0, 0.1) is 0 Å². The Hall–Kier alpha value is -1.99. The van der Waals surface area contributed by atoms with Crippen LogP contribution in [0.1, 0.15) is 15.6 Å². The largest absolute Gasteiger partial charge is 0.342 e. The molecule has 0 aromatic carbocycles. The fraction of sp³-hybridized carbons (Fsp3) is 0.0833. The zero-order valence-corrected chi connectivity index (χ0v) is 11.3. The van der Waals surface area contributed by atoms with Crippen molar-refractivity contribution in [1.82, 2.24) is 15.5 Å². The van der Waals surface area contributed by atoms with Crippen LogP contribution < -0.4 is 5.32 Å². The molecule has 3 aromatic rings. The van der Waals surface area contributed by atoms with Gasteiger partial charge in [-0.25, -0.2) is 0 Å². The Morgan fingerprint density at radius 1 is 1.26 bits per heavy atom. The molecule has 3 aromatic heterocycles. The Morgan fingerprint density at radius 3 is 2.84 bits per heavy atom. The van der Waals surface area contributed by atoms with Crippen molar-refractivity contribution >= 4 is 28.6 Å². The molecule has 19 heavy (non-hydrogen) atoms. The Kier molecular flexibility index (Phi) is 3.39. The van der Waals surface area contributed by atoms with E-state index >= 15 is 0 Å². The second-order valence-electron chi connectivity index (χ2n) is 3.65. The van der Waals surface area contributed by atoms with E-state index in [1.165, 1.54) is 11.3 Å². The third-order valence-corrected chi connectivity index (χ3v) is 4.09. The number of carbonyl (C=O) groups excluding carboxylic acids is 1. The molecule has 7 heteroatoms. The van der Waals surface area contributed by atoms with Gasteiger partial charge in [0.1, 0.15) is 0 Å². The predicted octanol–water partition coefficient (Wildman–Crippen LogP) is 2.79. The number of amides is 1. The minimum absolute atomic E-state index is 0.133. The first-order valence-corrected chi connectivity index (χ1v) is 7.27. The summed E-state index contributed by atoms with van der Waals surface area (Å²) in [6, 6.07) is 7.45. The quantitative estimate of drug-likeness (QED) is 0.802. The maximum absolute atomic E-state index is 11.7. The first-order valence-electron chi connectivity index (χ1n) is 5.51. The van der Waals surface area contributed by atoms with E-state index in [9.17, 15) is 4.79 Å². The minimum atomic E-state index is -0.133. The van der Waals surface area contributed by atoms with Gasteiger partial charge >= 0.3 is 0 Å². The summed E-state index contributed by atoms with van der Waals surface area (Å²) in [5, 5.41) is 10.4. The van der Waals surface area contributed by atoms with Crippen LogP contribution in [0.4, 0.5) is 0 Å². The molecule has 3 rings (SSSR count). The summed E-state index contributed by atoms with van der Waals surface area (Å²) < 4.78 is 5.09. The van der Waals surface area contributed by atoms with Gasteiger partial charge in [0.2, 0.25) is 11.7 Å². The van der Waals surface area contributed by atoms with Crippen LogP contribution in [-0.2, 0) is 6.54 Å². The van der Waals surface area contributed by atoms with E-state index in [1.54, 1.807) is 17.4 Å². The molecule has 0 atom stereocenters. The summed E-state index contributed by atoms with van der Waals surface area (Å²) in [6.45, 7) is 0.231. The van der Waals surface area contributed by atoms with Crippen LogP contribution in [0.3, 0.4) is 0 Å². The van der Waals surface area contributed by atoms with E-state index in [0.29, 0.717) is 16.6 Å². The lowest BCUT2D eigenvalue weighted by Crippen LogP contribution is -2.21. The lowest BCUT2D eigenvalue weighted by atomic mass is 10.4. The Morgan fingerprint density at radius 2 is 2.11 bits per heavy atom. The summed E-state index contributed by atoms with van der Waals surface area (Å²) >= 11 is 2.93. The maximum atomic E-state index is 11.7. The molecule has 0 aliphatic rings. The Bertz CT molecular complexity index is 659. The molecule has 96 valence electrons. The van der Waals surface area contributed by atoms with Gasteiger partial charge < -0.3 is 9.84 Å². The van der Waals surface area contributed by atoms with E-state index in [1.807, 2.05) is 29.0 Å². The van der Waals surface area contributed by atoms with Crippen molar-refractivity contribution in [3.63, 3.8) is 0 Å². The summed E-state index contributed by atoms with van der Waals surface area (Å²) in [5.41, 5.74) is 0. The van der Waals surface area contributed by atoms with Crippen molar-refractivity contribution in [1.29, 1.82) is 0 Å². The van der Waals surface area contributed by atoms with Crippen molar-refractivity contribution in [3.8, 4) is 10.7 Å². The molecular formula is C12H9N3O2S2. The lowest BCUT2D eigenvalue weighted by molar-refractivity contribution is 0.0950. The molecule has 1 N–H and O–H groups in total. The topological polar surface area (TPSA) is 68.0 Å². The first kappa shape index (κ1) is 12.1. The van der Waals surface area contributed by atoms with Crippen LogP contribution in [0.5, 0.6) is 0 Å². The molecule has 3 heterocycles. The highest BCUT2D eigenvalue weighted by atomic mass is 32.1. The number of rotatable bonds is 4. The molecule has 1 amide bonds. The highest BCUT2D eigenvalue weighted by molar-refractivity contribution is 7.13. The molecule has 0 spiro atoms. The third kappa shape index (κ3) is 2.72. The molecule has 0 saturated heterocycles.